The monoisotopic (exact) mass is 269 g/mol. The first-order chi connectivity index (χ1) is 8.69. The van der Waals surface area contributed by atoms with E-state index in [1.807, 2.05) is 12.3 Å². The van der Waals surface area contributed by atoms with Crippen LogP contribution in [0.25, 0.3) is 0 Å². The van der Waals surface area contributed by atoms with Gasteiger partial charge in [0.15, 0.2) is 5.13 Å². The van der Waals surface area contributed by atoms with Gasteiger partial charge in [-0.25, -0.2) is 4.98 Å². The molecule has 2 heterocycles. The van der Waals surface area contributed by atoms with Gasteiger partial charge < -0.3 is 10.4 Å². The minimum atomic E-state index is -0.0512. The van der Waals surface area contributed by atoms with Crippen molar-refractivity contribution in [3.05, 3.63) is 11.1 Å². The molecule has 18 heavy (non-hydrogen) atoms. The topological polar surface area (TPSA) is 65.5 Å². The summed E-state index contributed by atoms with van der Waals surface area (Å²) in [5.74, 6) is -0.0512. The lowest BCUT2D eigenvalue weighted by molar-refractivity contribution is -0.118. The molecule has 2 N–H and O–H groups in total. The number of anilines is 1. The molecule has 1 saturated heterocycles. The number of amides is 1. The van der Waals surface area contributed by atoms with Crippen LogP contribution < -0.4 is 5.32 Å². The summed E-state index contributed by atoms with van der Waals surface area (Å²) in [6.45, 7) is 3.25. The molecule has 2 rings (SSSR count). The maximum atomic E-state index is 11.9. The summed E-state index contributed by atoms with van der Waals surface area (Å²) in [5, 5.41) is 14.6. The Kier molecular flexibility index (Phi) is 4.68. The number of aliphatic hydroxyl groups excluding tert-OH is 1. The Morgan fingerprint density at radius 1 is 1.67 bits per heavy atom. The number of thiazole rings is 1. The van der Waals surface area contributed by atoms with Gasteiger partial charge in [0.1, 0.15) is 0 Å². The van der Waals surface area contributed by atoms with E-state index in [0.29, 0.717) is 11.7 Å². The second-order valence-electron chi connectivity index (χ2n) is 4.64. The number of aryl methyl sites for hydroxylation is 1. The van der Waals surface area contributed by atoms with Crippen LogP contribution in [0.15, 0.2) is 5.38 Å². The largest absolute Gasteiger partial charge is 0.395 e. The lowest BCUT2D eigenvalue weighted by Gasteiger charge is -2.33. The van der Waals surface area contributed by atoms with Crippen molar-refractivity contribution in [1.82, 2.24) is 9.88 Å². The van der Waals surface area contributed by atoms with Crippen LogP contribution in [0.1, 0.15) is 25.0 Å². The quantitative estimate of drug-likeness (QED) is 0.863. The maximum absolute atomic E-state index is 11.9. The molecule has 1 aliphatic rings. The molecule has 1 aliphatic heterocycles. The van der Waals surface area contributed by atoms with Crippen molar-refractivity contribution in [1.29, 1.82) is 0 Å². The number of aromatic nitrogens is 1. The fourth-order valence-corrected chi connectivity index (χ4v) is 2.93. The number of rotatable bonds is 4. The average molecular weight is 269 g/mol. The number of aliphatic hydroxyl groups is 1. The first-order valence-electron chi connectivity index (χ1n) is 6.26. The van der Waals surface area contributed by atoms with Crippen molar-refractivity contribution in [3.8, 4) is 0 Å². The summed E-state index contributed by atoms with van der Waals surface area (Å²) < 4.78 is 0. The fraction of sp³-hybridized carbons (Fsp3) is 0.667. The molecule has 1 unspecified atom stereocenters. The molecular weight excluding hydrogens is 250 g/mol. The molecule has 6 heteroatoms. The molecule has 0 spiro atoms. The Bertz CT molecular complexity index is 408. The molecular formula is C12H19N3O2S. The second kappa shape index (κ2) is 6.26. The van der Waals surface area contributed by atoms with Gasteiger partial charge >= 0.3 is 0 Å². The molecule has 1 amide bonds. The summed E-state index contributed by atoms with van der Waals surface area (Å²) in [5.41, 5.74) is 0.918. The van der Waals surface area contributed by atoms with Crippen molar-refractivity contribution < 1.29 is 9.90 Å². The van der Waals surface area contributed by atoms with Crippen LogP contribution in [0.3, 0.4) is 0 Å². The van der Waals surface area contributed by atoms with Crippen molar-refractivity contribution in [3.63, 3.8) is 0 Å². The number of carbonyl (C=O) groups is 1. The van der Waals surface area contributed by atoms with Gasteiger partial charge in [-0.1, -0.05) is 6.42 Å². The highest BCUT2D eigenvalue weighted by atomic mass is 32.1. The minimum absolute atomic E-state index is 0.0512. The van der Waals surface area contributed by atoms with E-state index in [2.05, 4.69) is 15.2 Å². The van der Waals surface area contributed by atoms with Crippen LogP contribution in [-0.4, -0.2) is 46.6 Å². The Balaban J connectivity index is 1.86. The highest BCUT2D eigenvalue weighted by Gasteiger charge is 2.23. The number of piperidine rings is 1. The molecule has 0 radical (unpaired) electrons. The van der Waals surface area contributed by atoms with Gasteiger partial charge in [0.05, 0.1) is 18.8 Å². The summed E-state index contributed by atoms with van der Waals surface area (Å²) in [7, 11) is 0. The van der Waals surface area contributed by atoms with E-state index < -0.39 is 0 Å². The normalized spacial score (nSPS) is 20.9. The first kappa shape index (κ1) is 13.5. The predicted molar refractivity (Wildman–Crippen MR) is 71.8 cm³/mol. The van der Waals surface area contributed by atoms with Crippen LogP contribution in [0.4, 0.5) is 5.13 Å². The van der Waals surface area contributed by atoms with Crippen LogP contribution in [-0.2, 0) is 4.79 Å². The van der Waals surface area contributed by atoms with Crippen molar-refractivity contribution in [2.24, 2.45) is 0 Å². The lowest BCUT2D eigenvalue weighted by Crippen LogP contribution is -2.45. The zero-order chi connectivity index (χ0) is 13.0. The van der Waals surface area contributed by atoms with Gasteiger partial charge in [-0.05, 0) is 26.3 Å². The molecule has 1 aromatic heterocycles. The Labute approximate surface area is 111 Å². The Hall–Kier alpha value is -0.980. The number of hydrogen-bond acceptors (Lipinski definition) is 5. The minimum Gasteiger partial charge on any atom is -0.395 e. The smallest absolute Gasteiger partial charge is 0.240 e. The zero-order valence-electron chi connectivity index (χ0n) is 10.6. The fourth-order valence-electron chi connectivity index (χ4n) is 2.23. The SMILES string of the molecule is Cc1csc(NC(=O)CN2CCCCC2CO)n1. The zero-order valence-corrected chi connectivity index (χ0v) is 11.4. The van der Waals surface area contributed by atoms with E-state index >= 15 is 0 Å². The highest BCUT2D eigenvalue weighted by molar-refractivity contribution is 7.13. The third-order valence-electron chi connectivity index (χ3n) is 3.17. The van der Waals surface area contributed by atoms with Gasteiger partial charge in [0.25, 0.3) is 0 Å². The standard InChI is InChI=1S/C12H19N3O2S/c1-9-8-18-12(13-9)14-11(17)6-15-5-3-2-4-10(15)7-16/h8,10,16H,2-7H2,1H3,(H,13,14,17). The van der Waals surface area contributed by atoms with Crippen molar-refractivity contribution in [2.75, 3.05) is 25.0 Å². The van der Waals surface area contributed by atoms with E-state index in [4.69, 9.17) is 0 Å². The van der Waals surface area contributed by atoms with Crippen LogP contribution >= 0.6 is 11.3 Å². The maximum Gasteiger partial charge on any atom is 0.240 e. The summed E-state index contributed by atoms with van der Waals surface area (Å²) in [6, 6.07) is 0.127. The molecule has 1 fully saturated rings. The van der Waals surface area contributed by atoms with E-state index in [-0.39, 0.29) is 18.6 Å². The molecule has 5 nitrogen and oxygen atoms in total. The number of nitrogens with zero attached hydrogens (tertiary/aromatic N) is 2. The van der Waals surface area contributed by atoms with Crippen LogP contribution in [0, 0.1) is 6.92 Å². The second-order valence-corrected chi connectivity index (χ2v) is 5.50. The van der Waals surface area contributed by atoms with Gasteiger partial charge in [-0.2, -0.15) is 0 Å². The first-order valence-corrected chi connectivity index (χ1v) is 7.14. The molecule has 0 aliphatic carbocycles. The number of hydrogen-bond donors (Lipinski definition) is 2. The summed E-state index contributed by atoms with van der Waals surface area (Å²) in [4.78, 5) is 18.1. The molecule has 0 bridgehead atoms. The summed E-state index contributed by atoms with van der Waals surface area (Å²) >= 11 is 1.44. The highest BCUT2D eigenvalue weighted by Crippen LogP contribution is 2.17. The van der Waals surface area contributed by atoms with Crippen LogP contribution in [0.5, 0.6) is 0 Å². The van der Waals surface area contributed by atoms with Gasteiger partial charge in [-0.3, -0.25) is 9.69 Å². The lowest BCUT2D eigenvalue weighted by atomic mass is 10.0. The number of likely N-dealkylation sites (tertiary alicyclic amines) is 1. The third-order valence-corrected chi connectivity index (χ3v) is 4.05. The van der Waals surface area contributed by atoms with Crippen LogP contribution in [0.2, 0.25) is 0 Å². The number of nitrogens with one attached hydrogen (secondary N) is 1. The molecule has 1 aromatic rings. The molecule has 100 valence electrons. The van der Waals surface area contributed by atoms with E-state index in [1.54, 1.807) is 0 Å². The summed E-state index contributed by atoms with van der Waals surface area (Å²) in [6.07, 6.45) is 3.20. The predicted octanol–water partition coefficient (Wildman–Crippen LogP) is 1.24. The van der Waals surface area contributed by atoms with E-state index in [1.165, 1.54) is 11.3 Å². The van der Waals surface area contributed by atoms with E-state index in [9.17, 15) is 9.90 Å². The van der Waals surface area contributed by atoms with Gasteiger partial charge in [-0.15, -0.1) is 11.3 Å². The molecule has 0 aromatic carbocycles. The average Bonchev–Trinajstić information content (AvgIpc) is 2.75. The van der Waals surface area contributed by atoms with Gasteiger partial charge in [0, 0.05) is 11.4 Å². The van der Waals surface area contributed by atoms with Crippen molar-refractivity contribution >= 4 is 22.4 Å². The Morgan fingerprint density at radius 3 is 3.17 bits per heavy atom. The Morgan fingerprint density at radius 2 is 2.50 bits per heavy atom. The third kappa shape index (κ3) is 3.51. The molecule has 0 saturated carbocycles. The van der Waals surface area contributed by atoms with Gasteiger partial charge in [0.2, 0.25) is 5.91 Å². The van der Waals surface area contributed by atoms with Crippen molar-refractivity contribution in [2.45, 2.75) is 32.2 Å². The molecule has 1 atom stereocenters. The number of carbonyl (C=O) groups excluding carboxylic acids is 1. The van der Waals surface area contributed by atoms with E-state index in [0.717, 1.165) is 31.5 Å².